The lowest BCUT2D eigenvalue weighted by Crippen LogP contribution is -2.47. The predicted molar refractivity (Wildman–Crippen MR) is 39.6 cm³/mol. The fraction of sp³-hybridized carbons (Fsp3) is 1.00. The van der Waals surface area contributed by atoms with Crippen LogP contribution in [0, 0.1) is 0 Å². The molecule has 2 heterocycles. The highest BCUT2D eigenvalue weighted by Crippen LogP contribution is 2.11. The van der Waals surface area contributed by atoms with Gasteiger partial charge in [-0.3, -0.25) is 0 Å². The summed E-state index contributed by atoms with van der Waals surface area (Å²) in [6.07, 6.45) is 0.332. The SMILES string of the molecule is C1CO[C@H]2COC[C@@H]2N1.Cl. The van der Waals surface area contributed by atoms with E-state index in [0.29, 0.717) is 12.1 Å². The van der Waals surface area contributed by atoms with Gasteiger partial charge in [-0.1, -0.05) is 0 Å². The van der Waals surface area contributed by atoms with Crippen LogP contribution in [0.3, 0.4) is 0 Å². The second-order valence-electron chi connectivity index (χ2n) is 2.51. The van der Waals surface area contributed by atoms with Gasteiger partial charge in [-0.15, -0.1) is 12.4 Å². The maximum Gasteiger partial charge on any atom is 0.0984 e. The molecule has 0 aromatic carbocycles. The molecule has 60 valence electrons. The molecule has 2 aliphatic rings. The minimum atomic E-state index is 0. The molecule has 2 aliphatic heterocycles. The van der Waals surface area contributed by atoms with Crippen LogP contribution in [0.4, 0.5) is 0 Å². The van der Waals surface area contributed by atoms with Crippen LogP contribution in [0.1, 0.15) is 0 Å². The molecule has 4 heteroatoms. The molecule has 3 nitrogen and oxygen atoms in total. The van der Waals surface area contributed by atoms with Crippen LogP contribution < -0.4 is 5.32 Å². The van der Waals surface area contributed by atoms with E-state index in [2.05, 4.69) is 5.32 Å². The minimum Gasteiger partial charge on any atom is -0.377 e. The van der Waals surface area contributed by atoms with Crippen LogP contribution >= 0.6 is 12.4 Å². The first kappa shape index (κ1) is 8.27. The predicted octanol–water partition coefficient (Wildman–Crippen LogP) is -0.205. The van der Waals surface area contributed by atoms with Gasteiger partial charge in [0.15, 0.2) is 0 Å². The summed E-state index contributed by atoms with van der Waals surface area (Å²) in [5.41, 5.74) is 0. The summed E-state index contributed by atoms with van der Waals surface area (Å²) < 4.78 is 10.6. The van der Waals surface area contributed by atoms with E-state index in [0.717, 1.165) is 26.4 Å². The fourth-order valence-corrected chi connectivity index (χ4v) is 1.34. The number of fused-ring (bicyclic) bond motifs is 1. The van der Waals surface area contributed by atoms with Crippen LogP contribution in [-0.2, 0) is 9.47 Å². The zero-order valence-corrected chi connectivity index (χ0v) is 6.52. The molecule has 2 atom stereocenters. The van der Waals surface area contributed by atoms with Gasteiger partial charge >= 0.3 is 0 Å². The highest BCUT2D eigenvalue weighted by Gasteiger charge is 2.30. The lowest BCUT2D eigenvalue weighted by molar-refractivity contribution is 0.0115. The van der Waals surface area contributed by atoms with Crippen LogP contribution in [0.2, 0.25) is 0 Å². The molecule has 0 amide bonds. The molecule has 1 N–H and O–H groups in total. The number of nitrogens with one attached hydrogen (secondary N) is 1. The zero-order valence-electron chi connectivity index (χ0n) is 5.71. The Labute approximate surface area is 66.5 Å². The first-order valence-corrected chi connectivity index (χ1v) is 3.39. The first-order chi connectivity index (χ1) is 4.47. The molecular weight excluding hydrogens is 154 g/mol. The summed E-state index contributed by atoms with van der Waals surface area (Å²) in [6, 6.07) is 0.471. The summed E-state index contributed by atoms with van der Waals surface area (Å²) >= 11 is 0. The molecule has 0 aromatic heterocycles. The number of rotatable bonds is 0. The first-order valence-electron chi connectivity index (χ1n) is 3.39. The third kappa shape index (κ3) is 1.42. The highest BCUT2D eigenvalue weighted by atomic mass is 35.5. The monoisotopic (exact) mass is 165 g/mol. The Morgan fingerprint density at radius 3 is 3.00 bits per heavy atom. The van der Waals surface area contributed by atoms with Gasteiger partial charge in [0, 0.05) is 6.54 Å². The largest absolute Gasteiger partial charge is 0.377 e. The average Bonchev–Trinajstić information content (AvgIpc) is 2.33. The van der Waals surface area contributed by atoms with Crippen LogP contribution in [0.5, 0.6) is 0 Å². The molecule has 0 unspecified atom stereocenters. The van der Waals surface area contributed by atoms with Crippen LogP contribution in [-0.4, -0.2) is 38.5 Å². The standard InChI is InChI=1S/C6H11NO2.ClH/c1-2-9-6-4-8-3-5(6)7-1;/h5-7H,1-4H2;1H/t5-,6-;/m0./s1. The van der Waals surface area contributed by atoms with Gasteiger partial charge in [0.2, 0.25) is 0 Å². The molecule has 2 fully saturated rings. The Morgan fingerprint density at radius 2 is 2.20 bits per heavy atom. The van der Waals surface area contributed by atoms with Crippen molar-refractivity contribution in [2.75, 3.05) is 26.4 Å². The minimum absolute atomic E-state index is 0. The van der Waals surface area contributed by atoms with Crippen molar-refractivity contribution in [3.63, 3.8) is 0 Å². The third-order valence-corrected chi connectivity index (χ3v) is 1.87. The van der Waals surface area contributed by atoms with Crippen molar-refractivity contribution in [2.24, 2.45) is 0 Å². The molecule has 10 heavy (non-hydrogen) atoms. The van der Waals surface area contributed by atoms with Gasteiger partial charge in [0.25, 0.3) is 0 Å². The van der Waals surface area contributed by atoms with Gasteiger partial charge in [0.1, 0.15) is 0 Å². The topological polar surface area (TPSA) is 30.5 Å². The normalized spacial score (nSPS) is 38.4. The Morgan fingerprint density at radius 1 is 1.30 bits per heavy atom. The zero-order chi connectivity index (χ0) is 6.10. The van der Waals surface area contributed by atoms with Crippen molar-refractivity contribution in [2.45, 2.75) is 12.1 Å². The van der Waals surface area contributed by atoms with E-state index in [1.54, 1.807) is 0 Å². The molecule has 0 aliphatic carbocycles. The molecule has 0 radical (unpaired) electrons. The lowest BCUT2D eigenvalue weighted by atomic mass is 10.2. The van der Waals surface area contributed by atoms with Gasteiger partial charge in [-0.05, 0) is 0 Å². The van der Waals surface area contributed by atoms with Gasteiger partial charge in [-0.25, -0.2) is 0 Å². The maximum atomic E-state index is 5.41. The van der Waals surface area contributed by atoms with Crippen molar-refractivity contribution >= 4 is 12.4 Å². The van der Waals surface area contributed by atoms with Crippen molar-refractivity contribution in [1.29, 1.82) is 0 Å². The molecule has 2 rings (SSSR count). The summed E-state index contributed by atoms with van der Waals surface area (Å²) in [5.74, 6) is 0. The van der Waals surface area contributed by atoms with E-state index in [4.69, 9.17) is 9.47 Å². The quantitative estimate of drug-likeness (QED) is 0.539. The Kier molecular flexibility index (Phi) is 2.92. The molecule has 0 aromatic rings. The summed E-state index contributed by atoms with van der Waals surface area (Å²) in [4.78, 5) is 0. The van der Waals surface area contributed by atoms with E-state index in [-0.39, 0.29) is 12.4 Å². The van der Waals surface area contributed by atoms with E-state index in [9.17, 15) is 0 Å². The maximum absolute atomic E-state index is 5.41. The van der Waals surface area contributed by atoms with Crippen LogP contribution in [0.25, 0.3) is 0 Å². The Bertz CT molecular complexity index is 99.9. The number of halogens is 1. The molecular formula is C6H12ClNO2. The highest BCUT2D eigenvalue weighted by molar-refractivity contribution is 5.85. The van der Waals surface area contributed by atoms with E-state index >= 15 is 0 Å². The molecule has 0 spiro atoms. The Balaban J connectivity index is 0.000000500. The number of hydrogen-bond donors (Lipinski definition) is 1. The lowest BCUT2D eigenvalue weighted by Gasteiger charge is -2.24. The second-order valence-corrected chi connectivity index (χ2v) is 2.51. The number of ether oxygens (including phenoxy) is 2. The number of morpholine rings is 1. The van der Waals surface area contributed by atoms with Gasteiger partial charge in [-0.2, -0.15) is 0 Å². The smallest absolute Gasteiger partial charge is 0.0984 e. The summed E-state index contributed by atoms with van der Waals surface area (Å²) in [7, 11) is 0. The van der Waals surface area contributed by atoms with Crippen molar-refractivity contribution in [3.05, 3.63) is 0 Å². The van der Waals surface area contributed by atoms with Gasteiger partial charge < -0.3 is 14.8 Å². The Hall–Kier alpha value is 0.170. The van der Waals surface area contributed by atoms with Gasteiger partial charge in [0.05, 0.1) is 32.0 Å². The molecule has 0 saturated carbocycles. The second kappa shape index (κ2) is 3.53. The average molecular weight is 166 g/mol. The molecule has 0 bridgehead atoms. The third-order valence-electron chi connectivity index (χ3n) is 1.87. The van der Waals surface area contributed by atoms with Crippen molar-refractivity contribution < 1.29 is 9.47 Å². The van der Waals surface area contributed by atoms with E-state index in [1.807, 2.05) is 0 Å². The summed E-state index contributed by atoms with van der Waals surface area (Å²) in [6.45, 7) is 3.41. The molecule has 2 saturated heterocycles. The fourth-order valence-electron chi connectivity index (χ4n) is 1.34. The van der Waals surface area contributed by atoms with E-state index < -0.39 is 0 Å². The number of hydrogen-bond acceptors (Lipinski definition) is 3. The van der Waals surface area contributed by atoms with Crippen molar-refractivity contribution in [3.8, 4) is 0 Å². The summed E-state index contributed by atoms with van der Waals surface area (Å²) in [5, 5.41) is 3.33. The van der Waals surface area contributed by atoms with Crippen molar-refractivity contribution in [1.82, 2.24) is 5.32 Å². The van der Waals surface area contributed by atoms with Crippen LogP contribution in [0.15, 0.2) is 0 Å². The van der Waals surface area contributed by atoms with E-state index in [1.165, 1.54) is 0 Å².